The van der Waals surface area contributed by atoms with Crippen LogP contribution in [0.4, 0.5) is 0 Å². The second kappa shape index (κ2) is 6.67. The Morgan fingerprint density at radius 2 is 1.74 bits per heavy atom. The molecule has 1 fully saturated rings. The lowest BCUT2D eigenvalue weighted by Crippen LogP contribution is -2.41. The number of carbonyl (C=O) groups is 1. The summed E-state index contributed by atoms with van der Waals surface area (Å²) >= 11 is 0. The van der Waals surface area contributed by atoms with Crippen molar-refractivity contribution in [2.24, 2.45) is 0 Å². The Bertz CT molecular complexity index is 588. The molecule has 0 aliphatic carbocycles. The number of hydrogen-bond acceptors (Lipinski definition) is 5. The predicted molar refractivity (Wildman–Crippen MR) is 85.4 cm³/mol. The zero-order valence-corrected chi connectivity index (χ0v) is 14.4. The summed E-state index contributed by atoms with van der Waals surface area (Å²) in [5.41, 5.74) is 0.370. The van der Waals surface area contributed by atoms with Crippen LogP contribution in [0.1, 0.15) is 38.1 Å². The van der Waals surface area contributed by atoms with E-state index in [2.05, 4.69) is 9.84 Å². The molecule has 1 amide bonds. The first-order valence-electron chi connectivity index (χ1n) is 7.15. The molecule has 23 heavy (non-hydrogen) atoms. The third-order valence-electron chi connectivity index (χ3n) is 4.11. The van der Waals surface area contributed by atoms with Gasteiger partial charge < -0.3 is 14.6 Å². The minimum Gasteiger partial charge on any atom is -0.399 e. The second-order valence-corrected chi connectivity index (χ2v) is 6.96. The normalized spacial score (nSPS) is 19.5. The predicted octanol–water partition coefficient (Wildman–Crippen LogP) is 1.34. The highest BCUT2D eigenvalue weighted by atomic mass is 31.1. The van der Waals surface area contributed by atoms with Crippen molar-refractivity contribution in [3.63, 3.8) is 0 Å². The second-order valence-electron chi connectivity index (χ2n) is 6.23. The highest BCUT2D eigenvalue weighted by Crippen LogP contribution is 2.36. The van der Waals surface area contributed by atoms with Gasteiger partial charge in [0.05, 0.1) is 11.2 Å². The maximum absolute atomic E-state index is 11.8. The smallest absolute Gasteiger partial charge is 0.399 e. The van der Waals surface area contributed by atoms with Crippen LogP contribution in [0.2, 0.25) is 0 Å². The fourth-order valence-electron chi connectivity index (χ4n) is 2.03. The van der Waals surface area contributed by atoms with E-state index in [-0.39, 0.29) is 6.73 Å². The summed E-state index contributed by atoms with van der Waals surface area (Å²) in [7, 11) is -3.21. The van der Waals surface area contributed by atoms with Gasteiger partial charge >= 0.3 is 15.4 Å². The summed E-state index contributed by atoms with van der Waals surface area (Å²) in [6.45, 7) is 7.56. The summed E-state index contributed by atoms with van der Waals surface area (Å²) in [6.07, 6.45) is 0. The third-order valence-corrected chi connectivity index (χ3v) is 4.46. The molecular formula is C14H20BNO6P+. The minimum absolute atomic E-state index is 0.330. The summed E-state index contributed by atoms with van der Waals surface area (Å²) in [4.78, 5) is 20.3. The number of benzene rings is 1. The molecule has 2 N–H and O–H groups in total. The fourth-order valence-corrected chi connectivity index (χ4v) is 2.20. The van der Waals surface area contributed by atoms with Gasteiger partial charge in [0.15, 0.2) is 6.73 Å². The van der Waals surface area contributed by atoms with Gasteiger partial charge in [0.2, 0.25) is 0 Å². The van der Waals surface area contributed by atoms with E-state index in [1.807, 2.05) is 27.7 Å². The summed E-state index contributed by atoms with van der Waals surface area (Å²) in [6, 6.07) is 6.78. The van der Waals surface area contributed by atoms with Crippen LogP contribution in [-0.2, 0) is 18.4 Å². The molecule has 0 radical (unpaired) electrons. The van der Waals surface area contributed by atoms with Gasteiger partial charge in [-0.25, -0.2) is 0 Å². The number of rotatable bonds is 5. The summed E-state index contributed by atoms with van der Waals surface area (Å²) in [5, 5.41) is 2.38. The first-order chi connectivity index (χ1) is 10.6. The van der Waals surface area contributed by atoms with Crippen LogP contribution in [0.25, 0.3) is 0 Å². The monoisotopic (exact) mass is 340 g/mol. The molecule has 0 aromatic heterocycles. The van der Waals surface area contributed by atoms with Crippen LogP contribution < -0.4 is 10.8 Å². The van der Waals surface area contributed by atoms with Gasteiger partial charge in [0.1, 0.15) is 0 Å². The molecule has 1 aliphatic heterocycles. The Hall–Kier alpha value is -1.31. The van der Waals surface area contributed by atoms with Crippen molar-refractivity contribution in [2.45, 2.75) is 38.9 Å². The Balaban J connectivity index is 2.00. The molecule has 0 bridgehead atoms. The van der Waals surface area contributed by atoms with Gasteiger partial charge in [0.25, 0.3) is 5.91 Å². The highest BCUT2D eigenvalue weighted by Gasteiger charge is 2.51. The van der Waals surface area contributed by atoms with Gasteiger partial charge in [-0.1, -0.05) is 16.7 Å². The molecule has 1 atom stereocenters. The van der Waals surface area contributed by atoms with Crippen LogP contribution in [0, 0.1) is 0 Å². The quantitative estimate of drug-likeness (QED) is 0.477. The molecule has 1 saturated heterocycles. The van der Waals surface area contributed by atoms with Gasteiger partial charge in [-0.05, 0) is 45.3 Å². The Labute approximate surface area is 136 Å². The van der Waals surface area contributed by atoms with Gasteiger partial charge in [-0.2, -0.15) is 0 Å². The average Bonchev–Trinajstić information content (AvgIpc) is 2.67. The van der Waals surface area contributed by atoms with Crippen molar-refractivity contribution < 1.29 is 28.1 Å². The molecule has 1 aromatic rings. The van der Waals surface area contributed by atoms with E-state index < -0.39 is 32.5 Å². The van der Waals surface area contributed by atoms with Crippen molar-refractivity contribution in [3.05, 3.63) is 29.8 Å². The molecule has 1 aromatic carbocycles. The van der Waals surface area contributed by atoms with Crippen LogP contribution >= 0.6 is 8.25 Å². The van der Waals surface area contributed by atoms with E-state index in [1.54, 1.807) is 24.3 Å². The summed E-state index contributed by atoms with van der Waals surface area (Å²) < 4.78 is 26.6. The van der Waals surface area contributed by atoms with Crippen molar-refractivity contribution in [1.82, 2.24) is 5.32 Å². The Morgan fingerprint density at radius 1 is 1.22 bits per heavy atom. The van der Waals surface area contributed by atoms with E-state index in [0.717, 1.165) is 5.46 Å². The molecule has 2 rings (SSSR count). The molecule has 0 saturated carbocycles. The lowest BCUT2D eigenvalue weighted by atomic mass is 9.79. The van der Waals surface area contributed by atoms with Gasteiger partial charge in [0, 0.05) is 10.1 Å². The highest BCUT2D eigenvalue weighted by molar-refractivity contribution is 7.32. The number of nitrogens with one attached hydrogen (secondary N) is 1. The summed E-state index contributed by atoms with van der Waals surface area (Å²) in [5.74, 6) is -0.401. The molecule has 7 nitrogen and oxygen atoms in total. The molecule has 1 unspecified atom stereocenters. The standard InChI is InChI=1S/C14H19BNO6P/c1-13(2)14(3,4)22-15(21-13)11-7-5-10(6-8-11)12(17)16-9-20-23(18)19/h5-8H,9H2,1-4H3,(H-,16,17,18,19)/p+1. The van der Waals surface area contributed by atoms with E-state index in [4.69, 9.17) is 14.2 Å². The SMILES string of the molecule is CC1(C)OB(c2ccc(C(=O)NCO[P+](=O)O)cc2)OC1(C)C. The lowest BCUT2D eigenvalue weighted by molar-refractivity contribution is 0.00578. The molecular weight excluding hydrogens is 320 g/mol. The number of carbonyl (C=O) groups excluding carboxylic acids is 1. The first-order valence-corrected chi connectivity index (χ1v) is 8.28. The van der Waals surface area contributed by atoms with Crippen molar-refractivity contribution in [1.29, 1.82) is 0 Å². The average molecular weight is 340 g/mol. The number of amides is 1. The fraction of sp³-hybridized carbons (Fsp3) is 0.500. The van der Waals surface area contributed by atoms with Crippen LogP contribution in [0.15, 0.2) is 24.3 Å². The third kappa shape index (κ3) is 4.16. The van der Waals surface area contributed by atoms with E-state index >= 15 is 0 Å². The zero-order valence-electron chi connectivity index (χ0n) is 13.5. The van der Waals surface area contributed by atoms with Crippen LogP contribution in [0.5, 0.6) is 0 Å². The largest absolute Gasteiger partial charge is 0.696 e. The molecule has 9 heteroatoms. The first kappa shape index (κ1) is 18.0. The zero-order chi connectivity index (χ0) is 17.3. The van der Waals surface area contributed by atoms with Crippen LogP contribution in [0.3, 0.4) is 0 Å². The Morgan fingerprint density at radius 3 is 2.22 bits per heavy atom. The van der Waals surface area contributed by atoms with Gasteiger partial charge in [-0.15, -0.1) is 4.89 Å². The molecule has 1 heterocycles. The number of hydrogen-bond donors (Lipinski definition) is 2. The van der Waals surface area contributed by atoms with E-state index in [0.29, 0.717) is 5.56 Å². The lowest BCUT2D eigenvalue weighted by Gasteiger charge is -2.32. The van der Waals surface area contributed by atoms with E-state index in [1.165, 1.54) is 0 Å². The molecule has 124 valence electrons. The molecule has 1 aliphatic rings. The van der Waals surface area contributed by atoms with Crippen molar-refractivity contribution in [2.75, 3.05) is 6.73 Å². The van der Waals surface area contributed by atoms with E-state index in [9.17, 15) is 9.36 Å². The minimum atomic E-state index is -2.73. The maximum atomic E-state index is 11.8. The maximum Gasteiger partial charge on any atom is 0.696 e. The molecule has 0 spiro atoms. The van der Waals surface area contributed by atoms with Gasteiger partial charge in [-0.3, -0.25) is 4.79 Å². The Kier molecular flexibility index (Phi) is 5.23. The topological polar surface area (TPSA) is 94.1 Å². The van der Waals surface area contributed by atoms with Crippen LogP contribution in [-0.4, -0.2) is 35.9 Å². The van der Waals surface area contributed by atoms with Crippen molar-refractivity contribution in [3.8, 4) is 0 Å². The van der Waals surface area contributed by atoms with Crippen molar-refractivity contribution >= 4 is 26.7 Å².